The van der Waals surface area contributed by atoms with E-state index in [0.717, 1.165) is 44.5 Å². The fraction of sp³-hybridized carbons (Fsp3) is 0.692. The predicted molar refractivity (Wildman–Crippen MR) is 78.6 cm³/mol. The Balaban J connectivity index is 1.92. The second-order valence-corrected chi connectivity index (χ2v) is 5.54. The molecular formula is C13H20BrN3O2. The van der Waals surface area contributed by atoms with E-state index < -0.39 is 0 Å². The first-order chi connectivity index (χ1) is 9.22. The fourth-order valence-electron chi connectivity index (χ4n) is 2.20. The number of hydrogen-bond acceptors (Lipinski definition) is 4. The van der Waals surface area contributed by atoms with Crippen molar-refractivity contribution >= 4 is 21.6 Å². The van der Waals surface area contributed by atoms with Crippen LogP contribution in [0.5, 0.6) is 0 Å². The number of nitrogens with zero attached hydrogens (tertiary/aromatic N) is 2. The fourth-order valence-corrected chi connectivity index (χ4v) is 2.65. The van der Waals surface area contributed by atoms with Crippen LogP contribution in [0.25, 0.3) is 0 Å². The van der Waals surface area contributed by atoms with E-state index in [9.17, 15) is 4.79 Å². The van der Waals surface area contributed by atoms with Gasteiger partial charge in [-0.15, -0.1) is 0 Å². The smallest absolute Gasteiger partial charge is 0.283 e. The summed E-state index contributed by atoms with van der Waals surface area (Å²) in [5.74, 6) is 0. The minimum Gasteiger partial charge on any atom is -0.383 e. The summed E-state index contributed by atoms with van der Waals surface area (Å²) in [6.45, 7) is 4.34. The monoisotopic (exact) mass is 329 g/mol. The SMILES string of the molecule is CCCn1ncc(NCCC2CCCO2)c(Br)c1=O. The minimum absolute atomic E-state index is 0.0797. The molecule has 1 saturated heterocycles. The van der Waals surface area contributed by atoms with Crippen LogP contribution in [0.1, 0.15) is 32.6 Å². The van der Waals surface area contributed by atoms with Gasteiger partial charge in [-0.2, -0.15) is 5.10 Å². The third-order valence-corrected chi connectivity index (χ3v) is 3.99. The summed E-state index contributed by atoms with van der Waals surface area (Å²) in [4.78, 5) is 12.0. The summed E-state index contributed by atoms with van der Waals surface area (Å²) in [5.41, 5.74) is 0.680. The Kier molecular flexibility index (Phi) is 5.39. The number of hydrogen-bond donors (Lipinski definition) is 1. The molecular weight excluding hydrogens is 310 g/mol. The van der Waals surface area contributed by atoms with Crippen molar-refractivity contribution in [1.29, 1.82) is 0 Å². The van der Waals surface area contributed by atoms with Crippen molar-refractivity contribution in [2.45, 2.75) is 45.3 Å². The Morgan fingerprint density at radius 1 is 1.63 bits per heavy atom. The van der Waals surface area contributed by atoms with Gasteiger partial charge in [0.2, 0.25) is 0 Å². The van der Waals surface area contributed by atoms with Crippen molar-refractivity contribution < 1.29 is 4.74 Å². The second-order valence-electron chi connectivity index (χ2n) is 4.75. The number of aromatic nitrogens is 2. The molecule has 2 heterocycles. The summed E-state index contributed by atoms with van der Waals surface area (Å²) in [5, 5.41) is 7.41. The van der Waals surface area contributed by atoms with Crippen LogP contribution in [0.3, 0.4) is 0 Å². The van der Waals surface area contributed by atoms with E-state index >= 15 is 0 Å². The molecule has 1 N–H and O–H groups in total. The maximum atomic E-state index is 12.0. The van der Waals surface area contributed by atoms with Gasteiger partial charge in [-0.1, -0.05) is 6.92 Å². The van der Waals surface area contributed by atoms with Crippen LogP contribution in [-0.2, 0) is 11.3 Å². The Bertz CT molecular complexity index is 469. The highest BCUT2D eigenvalue weighted by molar-refractivity contribution is 9.10. The number of ether oxygens (including phenoxy) is 1. The van der Waals surface area contributed by atoms with Gasteiger partial charge in [0.05, 0.1) is 18.0 Å². The highest BCUT2D eigenvalue weighted by Crippen LogP contribution is 2.18. The molecule has 0 bridgehead atoms. The van der Waals surface area contributed by atoms with Crippen LogP contribution < -0.4 is 10.9 Å². The predicted octanol–water partition coefficient (Wildman–Crippen LogP) is 2.40. The van der Waals surface area contributed by atoms with E-state index in [1.807, 2.05) is 6.92 Å². The molecule has 0 radical (unpaired) electrons. The largest absolute Gasteiger partial charge is 0.383 e. The van der Waals surface area contributed by atoms with Gasteiger partial charge in [0.1, 0.15) is 4.47 Å². The Hall–Kier alpha value is -0.880. The zero-order valence-corrected chi connectivity index (χ0v) is 12.8. The van der Waals surface area contributed by atoms with Crippen molar-refractivity contribution in [3.63, 3.8) is 0 Å². The van der Waals surface area contributed by atoms with Crippen LogP contribution in [0.15, 0.2) is 15.5 Å². The quantitative estimate of drug-likeness (QED) is 0.870. The molecule has 0 saturated carbocycles. The summed E-state index contributed by atoms with van der Waals surface area (Å²) in [6, 6.07) is 0. The zero-order chi connectivity index (χ0) is 13.7. The molecule has 0 aromatic carbocycles. The summed E-state index contributed by atoms with van der Waals surface area (Å²) in [6.07, 6.45) is 6.22. The van der Waals surface area contributed by atoms with Gasteiger partial charge in [-0.25, -0.2) is 4.68 Å². The molecule has 1 fully saturated rings. The van der Waals surface area contributed by atoms with Crippen LogP contribution in [0.4, 0.5) is 5.69 Å². The molecule has 1 aliphatic rings. The first kappa shape index (κ1) is 14.5. The lowest BCUT2D eigenvalue weighted by atomic mass is 10.2. The molecule has 1 atom stereocenters. The van der Waals surface area contributed by atoms with Crippen LogP contribution >= 0.6 is 15.9 Å². The molecule has 1 aromatic rings. The minimum atomic E-state index is -0.0797. The summed E-state index contributed by atoms with van der Waals surface area (Å²) in [7, 11) is 0. The number of rotatable bonds is 6. The highest BCUT2D eigenvalue weighted by atomic mass is 79.9. The van der Waals surface area contributed by atoms with Crippen molar-refractivity contribution in [3.8, 4) is 0 Å². The molecule has 2 rings (SSSR count). The molecule has 1 aliphatic heterocycles. The lowest BCUT2D eigenvalue weighted by Crippen LogP contribution is -2.24. The van der Waals surface area contributed by atoms with Gasteiger partial charge in [0.25, 0.3) is 5.56 Å². The maximum Gasteiger partial charge on any atom is 0.283 e. The Labute approximate surface area is 121 Å². The average molecular weight is 330 g/mol. The normalized spacial score (nSPS) is 18.7. The van der Waals surface area contributed by atoms with E-state index in [1.165, 1.54) is 4.68 Å². The number of anilines is 1. The molecule has 6 heteroatoms. The average Bonchev–Trinajstić information content (AvgIpc) is 2.91. The topological polar surface area (TPSA) is 56.1 Å². The van der Waals surface area contributed by atoms with Crippen LogP contribution in [0.2, 0.25) is 0 Å². The second kappa shape index (κ2) is 7.05. The first-order valence-electron chi connectivity index (χ1n) is 6.83. The number of nitrogens with one attached hydrogen (secondary N) is 1. The zero-order valence-electron chi connectivity index (χ0n) is 11.2. The molecule has 0 aliphatic carbocycles. The van der Waals surface area contributed by atoms with Crippen LogP contribution in [0, 0.1) is 0 Å². The maximum absolute atomic E-state index is 12.0. The summed E-state index contributed by atoms with van der Waals surface area (Å²) < 4.78 is 7.60. The lowest BCUT2D eigenvalue weighted by molar-refractivity contribution is 0.107. The van der Waals surface area contributed by atoms with E-state index in [4.69, 9.17) is 4.74 Å². The highest BCUT2D eigenvalue weighted by Gasteiger charge is 2.15. The number of aryl methyl sites for hydroxylation is 1. The Morgan fingerprint density at radius 3 is 3.16 bits per heavy atom. The molecule has 1 unspecified atom stereocenters. The first-order valence-corrected chi connectivity index (χ1v) is 7.62. The van der Waals surface area contributed by atoms with Crippen molar-refractivity contribution in [2.24, 2.45) is 0 Å². The van der Waals surface area contributed by atoms with E-state index in [1.54, 1.807) is 6.20 Å². The van der Waals surface area contributed by atoms with Crippen molar-refractivity contribution in [3.05, 3.63) is 21.0 Å². The van der Waals surface area contributed by atoms with E-state index in [2.05, 4.69) is 26.3 Å². The van der Waals surface area contributed by atoms with E-state index in [0.29, 0.717) is 17.1 Å². The van der Waals surface area contributed by atoms with E-state index in [-0.39, 0.29) is 5.56 Å². The third-order valence-electron chi connectivity index (χ3n) is 3.23. The molecule has 19 heavy (non-hydrogen) atoms. The van der Waals surface area contributed by atoms with Gasteiger partial charge in [0, 0.05) is 19.7 Å². The molecule has 1 aromatic heterocycles. The van der Waals surface area contributed by atoms with Gasteiger partial charge in [-0.3, -0.25) is 4.79 Å². The van der Waals surface area contributed by atoms with Gasteiger partial charge < -0.3 is 10.1 Å². The molecule has 0 amide bonds. The van der Waals surface area contributed by atoms with Gasteiger partial charge >= 0.3 is 0 Å². The molecule has 0 spiro atoms. The van der Waals surface area contributed by atoms with Gasteiger partial charge in [0.15, 0.2) is 0 Å². The standard InChI is InChI=1S/C13H20BrN3O2/c1-2-7-17-13(18)12(14)11(9-16-17)15-6-5-10-4-3-8-19-10/h9-10,15H,2-8H2,1H3. The number of halogens is 1. The molecule has 5 nitrogen and oxygen atoms in total. The third kappa shape index (κ3) is 3.79. The summed E-state index contributed by atoms with van der Waals surface area (Å²) >= 11 is 3.35. The Morgan fingerprint density at radius 2 is 2.47 bits per heavy atom. The van der Waals surface area contributed by atoms with Crippen LogP contribution in [-0.4, -0.2) is 29.0 Å². The lowest BCUT2D eigenvalue weighted by Gasteiger charge is -2.12. The van der Waals surface area contributed by atoms with Gasteiger partial charge in [-0.05, 0) is 41.6 Å². The molecule has 106 valence electrons. The van der Waals surface area contributed by atoms with Crippen molar-refractivity contribution in [2.75, 3.05) is 18.5 Å². The van der Waals surface area contributed by atoms with Crippen molar-refractivity contribution in [1.82, 2.24) is 9.78 Å².